The molecule has 0 aromatic carbocycles. The largest absolute Gasteiger partial charge is 0.464 e. The summed E-state index contributed by atoms with van der Waals surface area (Å²) in [6.07, 6.45) is 0. The lowest BCUT2D eigenvalue weighted by atomic mass is 10.3. The van der Waals surface area contributed by atoms with Gasteiger partial charge in [0.05, 0.1) is 12.1 Å². The van der Waals surface area contributed by atoms with Crippen LogP contribution in [-0.2, 0) is 9.53 Å². The number of esters is 1. The molecule has 0 aliphatic carbocycles. The summed E-state index contributed by atoms with van der Waals surface area (Å²) in [7, 11) is 0. The summed E-state index contributed by atoms with van der Waals surface area (Å²) < 4.78 is 4.75. The van der Waals surface area contributed by atoms with Crippen LogP contribution in [0.25, 0.3) is 0 Å². The Morgan fingerprint density at radius 3 is 2.93 bits per heavy atom. The third-order valence-electron chi connectivity index (χ3n) is 1.65. The lowest BCUT2D eigenvalue weighted by molar-refractivity contribution is -0.144. The number of carbonyl (C=O) groups is 2. The molecule has 0 bridgehead atoms. The summed E-state index contributed by atoms with van der Waals surface area (Å²) >= 11 is 1.33. The number of hydrogen-bond acceptors (Lipinski definition) is 5. The third-order valence-corrected chi connectivity index (χ3v) is 2.24. The fourth-order valence-electron chi connectivity index (χ4n) is 0.921. The molecule has 1 heterocycles. The monoisotopic (exact) mass is 228 g/mol. The zero-order valence-electron chi connectivity index (χ0n) is 8.52. The van der Waals surface area contributed by atoms with E-state index in [4.69, 9.17) is 4.74 Å². The minimum atomic E-state index is -0.654. The first-order valence-corrected chi connectivity index (χ1v) is 5.45. The number of rotatable bonds is 4. The van der Waals surface area contributed by atoms with E-state index in [1.165, 1.54) is 11.3 Å². The van der Waals surface area contributed by atoms with Gasteiger partial charge in [-0.3, -0.25) is 4.79 Å². The quantitative estimate of drug-likeness (QED) is 0.775. The highest BCUT2D eigenvalue weighted by molar-refractivity contribution is 7.07. The van der Waals surface area contributed by atoms with Gasteiger partial charge >= 0.3 is 5.97 Å². The number of nitrogens with one attached hydrogen (secondary N) is 1. The number of nitrogens with zero attached hydrogens (tertiary/aromatic N) is 1. The fourth-order valence-corrected chi connectivity index (χ4v) is 1.45. The summed E-state index contributed by atoms with van der Waals surface area (Å²) in [4.78, 5) is 26.5. The Hall–Kier alpha value is -1.43. The summed E-state index contributed by atoms with van der Waals surface area (Å²) in [6.45, 7) is 3.59. The molecule has 1 aromatic heterocycles. The van der Waals surface area contributed by atoms with Gasteiger partial charge in [-0.05, 0) is 13.8 Å². The van der Waals surface area contributed by atoms with Crippen LogP contribution < -0.4 is 5.32 Å². The molecule has 1 aromatic rings. The van der Waals surface area contributed by atoms with E-state index in [1.807, 2.05) is 0 Å². The van der Waals surface area contributed by atoms with Crippen molar-refractivity contribution in [3.63, 3.8) is 0 Å². The predicted molar refractivity (Wildman–Crippen MR) is 55.7 cm³/mol. The maximum atomic E-state index is 11.5. The minimum absolute atomic E-state index is 0.301. The first kappa shape index (κ1) is 11.6. The van der Waals surface area contributed by atoms with Crippen LogP contribution >= 0.6 is 11.3 Å². The topological polar surface area (TPSA) is 68.3 Å². The molecule has 0 aliphatic rings. The van der Waals surface area contributed by atoms with E-state index < -0.39 is 12.0 Å². The molecule has 15 heavy (non-hydrogen) atoms. The summed E-state index contributed by atoms with van der Waals surface area (Å²) in [5.41, 5.74) is 1.88. The Morgan fingerprint density at radius 1 is 1.67 bits per heavy atom. The van der Waals surface area contributed by atoms with E-state index in [9.17, 15) is 9.59 Å². The van der Waals surface area contributed by atoms with E-state index in [0.29, 0.717) is 12.3 Å². The number of ether oxygens (including phenoxy) is 1. The van der Waals surface area contributed by atoms with Crippen LogP contribution in [-0.4, -0.2) is 29.5 Å². The van der Waals surface area contributed by atoms with E-state index in [1.54, 1.807) is 24.7 Å². The van der Waals surface area contributed by atoms with Crippen LogP contribution in [0.3, 0.4) is 0 Å². The van der Waals surface area contributed by atoms with Gasteiger partial charge in [0.25, 0.3) is 5.91 Å². The minimum Gasteiger partial charge on any atom is -0.464 e. The van der Waals surface area contributed by atoms with Gasteiger partial charge in [-0.2, -0.15) is 0 Å². The molecular formula is C9H12N2O3S. The van der Waals surface area contributed by atoms with Crippen molar-refractivity contribution in [2.24, 2.45) is 0 Å². The average molecular weight is 228 g/mol. The highest BCUT2D eigenvalue weighted by Crippen LogP contribution is 2.01. The molecule has 1 atom stereocenters. The fraction of sp³-hybridized carbons (Fsp3) is 0.444. The van der Waals surface area contributed by atoms with E-state index in [-0.39, 0.29) is 5.91 Å². The van der Waals surface area contributed by atoms with Crippen molar-refractivity contribution < 1.29 is 14.3 Å². The Bertz CT molecular complexity index is 337. The second-order valence-corrected chi connectivity index (χ2v) is 3.54. The van der Waals surface area contributed by atoms with Gasteiger partial charge in [-0.15, -0.1) is 11.3 Å². The molecule has 0 aliphatic heterocycles. The Kier molecular flexibility index (Phi) is 4.23. The Balaban J connectivity index is 2.48. The van der Waals surface area contributed by atoms with Crippen molar-refractivity contribution in [3.05, 3.63) is 16.6 Å². The van der Waals surface area contributed by atoms with Crippen molar-refractivity contribution >= 4 is 23.2 Å². The van der Waals surface area contributed by atoms with Gasteiger partial charge in [0.2, 0.25) is 0 Å². The van der Waals surface area contributed by atoms with Crippen LogP contribution in [0.5, 0.6) is 0 Å². The molecule has 0 fully saturated rings. The summed E-state index contributed by atoms with van der Waals surface area (Å²) in [6, 6.07) is -0.654. The van der Waals surface area contributed by atoms with Crippen molar-refractivity contribution in [1.82, 2.24) is 10.3 Å². The molecule has 1 amide bonds. The molecule has 6 heteroatoms. The van der Waals surface area contributed by atoms with Crippen molar-refractivity contribution in [3.8, 4) is 0 Å². The van der Waals surface area contributed by atoms with Gasteiger partial charge < -0.3 is 10.1 Å². The number of carbonyl (C=O) groups excluding carboxylic acids is 2. The second-order valence-electron chi connectivity index (χ2n) is 2.82. The van der Waals surface area contributed by atoms with E-state index >= 15 is 0 Å². The lowest BCUT2D eigenvalue weighted by Crippen LogP contribution is -2.39. The van der Waals surface area contributed by atoms with Crippen molar-refractivity contribution in [2.45, 2.75) is 19.9 Å². The van der Waals surface area contributed by atoms with Gasteiger partial charge in [0, 0.05) is 5.38 Å². The number of thiazole rings is 1. The zero-order valence-corrected chi connectivity index (χ0v) is 9.34. The maximum absolute atomic E-state index is 11.5. The molecule has 0 radical (unpaired) electrons. The lowest BCUT2D eigenvalue weighted by Gasteiger charge is -2.11. The van der Waals surface area contributed by atoms with Gasteiger partial charge in [-0.25, -0.2) is 9.78 Å². The zero-order chi connectivity index (χ0) is 11.3. The third kappa shape index (κ3) is 3.32. The van der Waals surface area contributed by atoms with Crippen molar-refractivity contribution in [1.29, 1.82) is 0 Å². The molecule has 1 unspecified atom stereocenters. The van der Waals surface area contributed by atoms with E-state index in [0.717, 1.165) is 0 Å². The smallest absolute Gasteiger partial charge is 0.328 e. The van der Waals surface area contributed by atoms with Gasteiger partial charge in [0.15, 0.2) is 0 Å². The number of hydrogen-bond donors (Lipinski definition) is 1. The average Bonchev–Trinajstić information content (AvgIpc) is 2.70. The van der Waals surface area contributed by atoms with Gasteiger partial charge in [0.1, 0.15) is 11.7 Å². The normalized spacial score (nSPS) is 11.9. The SMILES string of the molecule is CCOC(=O)C(C)NC(=O)c1cscn1. The Morgan fingerprint density at radius 2 is 2.40 bits per heavy atom. The molecule has 0 saturated heterocycles. The van der Waals surface area contributed by atoms with Gasteiger partial charge in [-0.1, -0.05) is 0 Å². The van der Waals surface area contributed by atoms with Crippen molar-refractivity contribution in [2.75, 3.05) is 6.61 Å². The highest BCUT2D eigenvalue weighted by atomic mass is 32.1. The molecule has 82 valence electrons. The number of aromatic nitrogens is 1. The predicted octanol–water partition coefficient (Wildman–Crippen LogP) is 0.825. The molecule has 5 nitrogen and oxygen atoms in total. The molecular weight excluding hydrogens is 216 g/mol. The molecule has 0 saturated carbocycles. The van der Waals surface area contributed by atoms with E-state index in [2.05, 4.69) is 10.3 Å². The standard InChI is InChI=1S/C9H12N2O3S/c1-3-14-9(13)6(2)11-8(12)7-4-15-5-10-7/h4-6H,3H2,1-2H3,(H,11,12). The first-order chi connectivity index (χ1) is 7.15. The van der Waals surface area contributed by atoms with Crippen LogP contribution in [0, 0.1) is 0 Å². The van der Waals surface area contributed by atoms with Crippen LogP contribution in [0.15, 0.2) is 10.9 Å². The number of amides is 1. The second kappa shape index (κ2) is 5.45. The van der Waals surface area contributed by atoms with Crippen LogP contribution in [0.1, 0.15) is 24.3 Å². The summed E-state index contributed by atoms with van der Waals surface area (Å²) in [5, 5.41) is 4.12. The summed E-state index contributed by atoms with van der Waals surface area (Å²) in [5.74, 6) is -0.808. The van der Waals surface area contributed by atoms with Crippen LogP contribution in [0.2, 0.25) is 0 Å². The highest BCUT2D eigenvalue weighted by Gasteiger charge is 2.18. The Labute approximate surface area is 91.5 Å². The van der Waals surface area contributed by atoms with Crippen LogP contribution in [0.4, 0.5) is 0 Å². The first-order valence-electron chi connectivity index (χ1n) is 4.50. The molecule has 0 spiro atoms. The maximum Gasteiger partial charge on any atom is 0.328 e. The molecule has 1 N–H and O–H groups in total. The molecule has 1 rings (SSSR count).